The van der Waals surface area contributed by atoms with Gasteiger partial charge in [0, 0.05) is 31.4 Å². The third-order valence-electron chi connectivity index (χ3n) is 4.10. The largest absolute Gasteiger partial charge is 0.357 e. The number of anilines is 1. The maximum absolute atomic E-state index is 11.8. The zero-order valence-corrected chi connectivity index (χ0v) is 18.0. The van der Waals surface area contributed by atoms with Crippen LogP contribution in [-0.4, -0.2) is 23.0 Å². The first-order chi connectivity index (χ1) is 13.4. The Hall–Kier alpha value is -2.18. The van der Waals surface area contributed by atoms with Gasteiger partial charge in [-0.3, -0.25) is 4.79 Å². The molecule has 1 aromatic carbocycles. The first-order valence-electron chi connectivity index (χ1n) is 9.35. The molecule has 2 rings (SSSR count). The van der Waals surface area contributed by atoms with E-state index in [1.54, 1.807) is 0 Å². The van der Waals surface area contributed by atoms with E-state index in [0.29, 0.717) is 35.6 Å². The van der Waals surface area contributed by atoms with Gasteiger partial charge < -0.3 is 20.5 Å². The van der Waals surface area contributed by atoms with Crippen LogP contribution in [0.25, 0.3) is 0 Å². The number of benzene rings is 1. The molecule has 0 aliphatic heterocycles. The molecule has 1 aromatic heterocycles. The van der Waals surface area contributed by atoms with Gasteiger partial charge >= 0.3 is 0 Å². The lowest BCUT2D eigenvalue weighted by molar-refractivity contribution is -0.116. The van der Waals surface area contributed by atoms with E-state index >= 15 is 0 Å². The third-order valence-corrected chi connectivity index (χ3v) is 4.95. The van der Waals surface area contributed by atoms with Gasteiger partial charge in [-0.05, 0) is 37.1 Å². The highest BCUT2D eigenvalue weighted by molar-refractivity contribution is 6.41. The Kier molecular flexibility index (Phi) is 8.67. The highest BCUT2D eigenvalue weighted by atomic mass is 35.5. The van der Waals surface area contributed by atoms with Gasteiger partial charge in [-0.1, -0.05) is 42.3 Å². The van der Waals surface area contributed by atoms with Crippen molar-refractivity contribution in [3.8, 4) is 0 Å². The van der Waals surface area contributed by atoms with Crippen molar-refractivity contribution < 1.29 is 4.79 Å². The maximum Gasteiger partial charge on any atom is 0.224 e. The molecule has 0 saturated carbocycles. The Bertz CT molecular complexity index is 832. The minimum absolute atomic E-state index is 0.0260. The zero-order valence-electron chi connectivity index (χ0n) is 16.5. The van der Waals surface area contributed by atoms with Crippen LogP contribution in [0.2, 0.25) is 10.2 Å². The van der Waals surface area contributed by atoms with E-state index in [4.69, 9.17) is 23.2 Å². The average Bonchev–Trinajstić information content (AvgIpc) is 2.91. The van der Waals surface area contributed by atoms with Crippen LogP contribution in [0, 0.1) is 0 Å². The summed E-state index contributed by atoms with van der Waals surface area (Å²) < 4.78 is 1.84. The molecule has 3 N–H and O–H groups in total. The molecule has 0 atom stereocenters. The second-order valence-electron chi connectivity index (χ2n) is 6.38. The quantitative estimate of drug-likeness (QED) is 0.437. The molecule has 0 spiro atoms. The van der Waals surface area contributed by atoms with Gasteiger partial charge in [0.25, 0.3) is 0 Å². The number of amides is 1. The molecule has 1 heterocycles. The molecule has 0 unspecified atom stereocenters. The molecule has 1 amide bonds. The summed E-state index contributed by atoms with van der Waals surface area (Å²) >= 11 is 12.2. The number of nitrogens with one attached hydrogen (secondary N) is 3. The first kappa shape index (κ1) is 22.1. The van der Waals surface area contributed by atoms with Crippen molar-refractivity contribution in [1.29, 1.82) is 0 Å². The second kappa shape index (κ2) is 11.0. The summed E-state index contributed by atoms with van der Waals surface area (Å²) in [5, 5.41) is 10.5. The topological polar surface area (TPSA) is 70.4 Å². The van der Waals surface area contributed by atoms with Crippen LogP contribution in [0.4, 0.5) is 5.69 Å². The highest BCUT2D eigenvalue weighted by Gasteiger charge is 2.09. The van der Waals surface area contributed by atoms with E-state index in [2.05, 4.69) is 20.9 Å². The summed E-state index contributed by atoms with van der Waals surface area (Å²) in [6.45, 7) is 5.77. The summed E-state index contributed by atoms with van der Waals surface area (Å²) in [6.07, 6.45) is 1.34. The standard InChI is InChI=1S/C20H27Cl2N5O/c1-4-7-18(28)26-15-9-6-8-14(10-15)12-24-20(23-5-2)25-13-16-11-17(21)19(22)27(16)3/h6,8-11H,4-5,7,12-13H2,1-3H3,(H,26,28)(H2,23,24,25). The van der Waals surface area contributed by atoms with Gasteiger partial charge in [0.1, 0.15) is 5.15 Å². The van der Waals surface area contributed by atoms with Crippen molar-refractivity contribution in [3.63, 3.8) is 0 Å². The SMILES string of the molecule is CCCC(=O)Nc1cccc(CN=C(NCC)NCc2cc(Cl)c(Cl)n2C)c1. The molecule has 0 aliphatic rings. The molecule has 152 valence electrons. The van der Waals surface area contributed by atoms with Gasteiger partial charge in [-0.15, -0.1) is 0 Å². The Morgan fingerprint density at radius 3 is 2.61 bits per heavy atom. The average molecular weight is 424 g/mol. The molecule has 0 fully saturated rings. The van der Waals surface area contributed by atoms with Crippen LogP contribution in [0.3, 0.4) is 0 Å². The lowest BCUT2D eigenvalue weighted by atomic mass is 10.2. The van der Waals surface area contributed by atoms with Crippen molar-refractivity contribution in [2.75, 3.05) is 11.9 Å². The van der Waals surface area contributed by atoms with Crippen LogP contribution < -0.4 is 16.0 Å². The van der Waals surface area contributed by atoms with Crippen molar-refractivity contribution in [2.24, 2.45) is 12.0 Å². The van der Waals surface area contributed by atoms with E-state index in [-0.39, 0.29) is 5.91 Å². The van der Waals surface area contributed by atoms with E-state index in [1.165, 1.54) is 0 Å². The fourth-order valence-corrected chi connectivity index (χ4v) is 3.06. The van der Waals surface area contributed by atoms with E-state index < -0.39 is 0 Å². The minimum atomic E-state index is 0.0260. The van der Waals surface area contributed by atoms with Crippen molar-refractivity contribution in [1.82, 2.24) is 15.2 Å². The molecular formula is C20H27Cl2N5O. The van der Waals surface area contributed by atoms with E-state index in [1.807, 2.05) is 55.8 Å². The molecule has 6 nitrogen and oxygen atoms in total. The van der Waals surface area contributed by atoms with Gasteiger partial charge in [0.2, 0.25) is 5.91 Å². The first-order valence-corrected chi connectivity index (χ1v) is 10.1. The molecule has 2 aromatic rings. The van der Waals surface area contributed by atoms with Crippen LogP contribution >= 0.6 is 23.2 Å². The third kappa shape index (κ3) is 6.46. The predicted octanol–water partition coefficient (Wildman–Crippen LogP) is 4.33. The van der Waals surface area contributed by atoms with Crippen LogP contribution in [0.15, 0.2) is 35.3 Å². The van der Waals surface area contributed by atoms with Crippen molar-refractivity contribution in [3.05, 3.63) is 51.8 Å². The van der Waals surface area contributed by atoms with Crippen LogP contribution in [0.1, 0.15) is 37.9 Å². The minimum Gasteiger partial charge on any atom is -0.357 e. The van der Waals surface area contributed by atoms with E-state index in [0.717, 1.165) is 29.9 Å². The van der Waals surface area contributed by atoms with Gasteiger partial charge in [0.05, 0.1) is 18.1 Å². The lowest BCUT2D eigenvalue weighted by Gasteiger charge is -2.12. The number of nitrogens with zero attached hydrogens (tertiary/aromatic N) is 2. The van der Waals surface area contributed by atoms with Gasteiger partial charge in [0.15, 0.2) is 5.96 Å². The Labute approximate surface area is 176 Å². The number of hydrogen-bond acceptors (Lipinski definition) is 2. The fourth-order valence-electron chi connectivity index (χ4n) is 2.64. The molecule has 0 bridgehead atoms. The summed E-state index contributed by atoms with van der Waals surface area (Å²) in [6, 6.07) is 9.56. The van der Waals surface area contributed by atoms with Crippen molar-refractivity contribution in [2.45, 2.75) is 39.8 Å². The maximum atomic E-state index is 11.8. The highest BCUT2D eigenvalue weighted by Crippen LogP contribution is 2.24. The monoisotopic (exact) mass is 423 g/mol. The Balaban J connectivity index is 2.01. The fraction of sp³-hybridized carbons (Fsp3) is 0.400. The zero-order chi connectivity index (χ0) is 20.5. The van der Waals surface area contributed by atoms with Crippen LogP contribution in [0.5, 0.6) is 0 Å². The Morgan fingerprint density at radius 1 is 1.18 bits per heavy atom. The number of hydrogen-bond donors (Lipinski definition) is 3. The second-order valence-corrected chi connectivity index (χ2v) is 7.15. The number of aliphatic imine (C=N–C) groups is 1. The van der Waals surface area contributed by atoms with Crippen molar-refractivity contribution >= 4 is 40.8 Å². The molecule has 0 radical (unpaired) electrons. The van der Waals surface area contributed by atoms with Gasteiger partial charge in [-0.2, -0.15) is 0 Å². The Morgan fingerprint density at radius 2 is 1.96 bits per heavy atom. The predicted molar refractivity (Wildman–Crippen MR) is 117 cm³/mol. The lowest BCUT2D eigenvalue weighted by Crippen LogP contribution is -2.37. The van der Waals surface area contributed by atoms with Gasteiger partial charge in [-0.25, -0.2) is 4.99 Å². The summed E-state index contributed by atoms with van der Waals surface area (Å²) in [4.78, 5) is 16.4. The molecule has 8 heteroatoms. The number of carbonyl (C=O) groups is 1. The smallest absolute Gasteiger partial charge is 0.224 e. The molecule has 28 heavy (non-hydrogen) atoms. The summed E-state index contributed by atoms with van der Waals surface area (Å²) in [7, 11) is 1.87. The molecule has 0 saturated heterocycles. The number of rotatable bonds is 8. The molecule has 0 aliphatic carbocycles. The van der Waals surface area contributed by atoms with E-state index in [9.17, 15) is 4.79 Å². The molecular weight excluding hydrogens is 397 g/mol. The number of guanidine groups is 1. The number of halogens is 2. The number of carbonyl (C=O) groups excluding carboxylic acids is 1. The summed E-state index contributed by atoms with van der Waals surface area (Å²) in [5.74, 6) is 0.717. The summed E-state index contributed by atoms with van der Waals surface area (Å²) in [5.41, 5.74) is 2.76. The normalized spacial score (nSPS) is 11.4. The van der Waals surface area contributed by atoms with Crippen LogP contribution in [-0.2, 0) is 24.9 Å². The number of aromatic nitrogens is 1.